The molecule has 1 atom stereocenters. The van der Waals surface area contributed by atoms with Gasteiger partial charge < -0.3 is 14.7 Å². The summed E-state index contributed by atoms with van der Waals surface area (Å²) in [7, 11) is 0. The van der Waals surface area contributed by atoms with E-state index in [4.69, 9.17) is 9.84 Å². The fourth-order valence-corrected chi connectivity index (χ4v) is 3.24. The number of thioether (sulfide) groups is 1. The Balaban J connectivity index is 2.33. The van der Waals surface area contributed by atoms with Crippen LogP contribution in [0.3, 0.4) is 0 Å². The van der Waals surface area contributed by atoms with Crippen LogP contribution in [-0.2, 0) is 9.53 Å². The molecular weight excluding hydrogens is 336 g/mol. The van der Waals surface area contributed by atoms with E-state index in [1.807, 2.05) is 13.8 Å². The summed E-state index contributed by atoms with van der Waals surface area (Å²) >= 11 is 1.43. The number of rotatable bonds is 5. The summed E-state index contributed by atoms with van der Waals surface area (Å²) in [5.41, 5.74) is 0.0449. The van der Waals surface area contributed by atoms with Crippen molar-refractivity contribution >= 4 is 29.3 Å². The number of carbonyl (C=O) groups is 2. The maximum atomic E-state index is 12.8. The van der Waals surface area contributed by atoms with E-state index in [2.05, 4.69) is 0 Å². The zero-order valence-electron chi connectivity index (χ0n) is 13.3. The second-order valence-electron chi connectivity index (χ2n) is 5.55. The van der Waals surface area contributed by atoms with Crippen molar-refractivity contribution in [2.24, 2.45) is 0 Å². The lowest BCUT2D eigenvalue weighted by Gasteiger charge is -2.31. The third-order valence-electron chi connectivity index (χ3n) is 3.40. The van der Waals surface area contributed by atoms with Gasteiger partial charge in [-0.2, -0.15) is 0 Å². The SMILES string of the molecule is CC(C)Sc1ccc([N+](=O)[O-])cc1C(=O)N1CCOC(C(=O)O)C1. The van der Waals surface area contributed by atoms with Crippen LogP contribution in [0.5, 0.6) is 0 Å². The molecule has 9 heteroatoms. The normalized spacial score (nSPS) is 17.8. The number of non-ortho nitro benzene ring substituents is 1. The van der Waals surface area contributed by atoms with Gasteiger partial charge in [-0.15, -0.1) is 11.8 Å². The van der Waals surface area contributed by atoms with Gasteiger partial charge >= 0.3 is 5.97 Å². The molecule has 8 nitrogen and oxygen atoms in total. The molecule has 130 valence electrons. The van der Waals surface area contributed by atoms with Gasteiger partial charge in [-0.05, 0) is 6.07 Å². The van der Waals surface area contributed by atoms with E-state index in [9.17, 15) is 19.7 Å². The summed E-state index contributed by atoms with van der Waals surface area (Å²) in [6, 6.07) is 4.17. The Hall–Kier alpha value is -2.13. The molecule has 1 aromatic carbocycles. The monoisotopic (exact) mass is 354 g/mol. The third-order valence-corrected chi connectivity index (χ3v) is 4.48. The van der Waals surface area contributed by atoms with E-state index >= 15 is 0 Å². The molecule has 0 bridgehead atoms. The number of nitro groups is 1. The number of carbonyl (C=O) groups excluding carboxylic acids is 1. The Morgan fingerprint density at radius 3 is 2.75 bits per heavy atom. The van der Waals surface area contributed by atoms with Crippen molar-refractivity contribution in [2.75, 3.05) is 19.7 Å². The number of ether oxygens (including phenoxy) is 1. The van der Waals surface area contributed by atoms with Crippen molar-refractivity contribution in [3.05, 3.63) is 33.9 Å². The third kappa shape index (κ3) is 4.24. The van der Waals surface area contributed by atoms with Gasteiger partial charge in [0.05, 0.1) is 23.6 Å². The summed E-state index contributed by atoms with van der Waals surface area (Å²) in [5, 5.41) is 20.2. The van der Waals surface area contributed by atoms with Crippen LogP contribution in [0.15, 0.2) is 23.1 Å². The highest BCUT2D eigenvalue weighted by atomic mass is 32.2. The first-order chi connectivity index (χ1) is 11.3. The molecule has 1 fully saturated rings. The van der Waals surface area contributed by atoms with Crippen LogP contribution < -0.4 is 0 Å². The molecule has 1 saturated heterocycles. The molecular formula is C15H18N2O6S. The van der Waals surface area contributed by atoms with Crippen molar-refractivity contribution in [1.29, 1.82) is 0 Å². The molecule has 1 heterocycles. The van der Waals surface area contributed by atoms with Gasteiger partial charge in [0, 0.05) is 28.8 Å². The van der Waals surface area contributed by atoms with Crippen molar-refractivity contribution in [1.82, 2.24) is 4.90 Å². The van der Waals surface area contributed by atoms with Crippen LogP contribution in [0, 0.1) is 10.1 Å². The Kier molecular flexibility index (Phi) is 5.79. The lowest BCUT2D eigenvalue weighted by Crippen LogP contribution is -2.48. The zero-order valence-corrected chi connectivity index (χ0v) is 14.1. The number of benzene rings is 1. The van der Waals surface area contributed by atoms with Gasteiger partial charge in [0.1, 0.15) is 0 Å². The lowest BCUT2D eigenvalue weighted by molar-refractivity contribution is -0.384. The minimum absolute atomic E-state index is 0.0807. The van der Waals surface area contributed by atoms with Gasteiger partial charge in [-0.1, -0.05) is 13.8 Å². The number of hydrogen-bond donors (Lipinski definition) is 1. The lowest BCUT2D eigenvalue weighted by atomic mass is 10.1. The quantitative estimate of drug-likeness (QED) is 0.489. The Labute approximate surface area is 142 Å². The highest BCUT2D eigenvalue weighted by molar-refractivity contribution is 8.00. The maximum Gasteiger partial charge on any atom is 0.334 e. The molecule has 1 unspecified atom stereocenters. The van der Waals surface area contributed by atoms with E-state index in [1.165, 1.54) is 28.8 Å². The summed E-state index contributed by atoms with van der Waals surface area (Å²) in [6.45, 7) is 4.19. The minimum Gasteiger partial charge on any atom is -0.479 e. The molecule has 0 saturated carbocycles. The highest BCUT2D eigenvalue weighted by Gasteiger charge is 2.31. The van der Waals surface area contributed by atoms with Crippen LogP contribution in [-0.4, -0.2) is 57.9 Å². The van der Waals surface area contributed by atoms with Gasteiger partial charge in [0.15, 0.2) is 6.10 Å². The van der Waals surface area contributed by atoms with Crippen LogP contribution in [0.2, 0.25) is 0 Å². The second kappa shape index (κ2) is 7.63. The Bertz CT molecular complexity index is 663. The number of aliphatic carboxylic acids is 1. The maximum absolute atomic E-state index is 12.8. The molecule has 0 radical (unpaired) electrons. The molecule has 2 rings (SSSR count). The number of nitro benzene ring substituents is 1. The van der Waals surface area contributed by atoms with Crippen molar-refractivity contribution in [3.63, 3.8) is 0 Å². The predicted molar refractivity (Wildman–Crippen MR) is 87.4 cm³/mol. The van der Waals surface area contributed by atoms with Gasteiger partial charge in [0.25, 0.3) is 11.6 Å². The molecule has 1 aromatic rings. The van der Waals surface area contributed by atoms with E-state index in [1.54, 1.807) is 6.07 Å². The molecule has 0 spiro atoms. The van der Waals surface area contributed by atoms with Gasteiger partial charge in [-0.25, -0.2) is 4.79 Å². The van der Waals surface area contributed by atoms with E-state index in [0.29, 0.717) is 4.90 Å². The summed E-state index contributed by atoms with van der Waals surface area (Å²) in [6.07, 6.45) is -1.08. The van der Waals surface area contributed by atoms with Crippen LogP contribution in [0.25, 0.3) is 0 Å². The predicted octanol–water partition coefficient (Wildman–Crippen LogP) is 2.02. The number of amides is 1. The van der Waals surface area contributed by atoms with Gasteiger partial charge in [-0.3, -0.25) is 14.9 Å². The molecule has 1 N–H and O–H groups in total. The first-order valence-corrected chi connectivity index (χ1v) is 8.26. The summed E-state index contributed by atoms with van der Waals surface area (Å²) in [4.78, 5) is 36.3. The first kappa shape index (κ1) is 18.2. The molecule has 1 amide bonds. The number of carboxylic acid groups (broad SMARTS) is 1. The fourth-order valence-electron chi connectivity index (χ4n) is 2.31. The van der Waals surface area contributed by atoms with E-state index in [0.717, 1.165) is 0 Å². The van der Waals surface area contributed by atoms with Crippen molar-refractivity contribution < 1.29 is 24.4 Å². The van der Waals surface area contributed by atoms with E-state index < -0.39 is 22.9 Å². The average molecular weight is 354 g/mol. The van der Waals surface area contributed by atoms with E-state index in [-0.39, 0.29) is 36.2 Å². The van der Waals surface area contributed by atoms with Crippen LogP contribution >= 0.6 is 11.8 Å². The molecule has 1 aliphatic rings. The number of nitrogens with zero attached hydrogens (tertiary/aromatic N) is 2. The zero-order chi connectivity index (χ0) is 17.9. The average Bonchev–Trinajstić information content (AvgIpc) is 2.54. The van der Waals surface area contributed by atoms with Crippen LogP contribution in [0.1, 0.15) is 24.2 Å². The number of hydrogen-bond acceptors (Lipinski definition) is 6. The second-order valence-corrected chi connectivity index (χ2v) is 7.17. The van der Waals surface area contributed by atoms with Gasteiger partial charge in [0.2, 0.25) is 0 Å². The molecule has 24 heavy (non-hydrogen) atoms. The summed E-state index contributed by atoms with van der Waals surface area (Å²) < 4.78 is 5.11. The molecule has 0 aromatic heterocycles. The van der Waals surface area contributed by atoms with Crippen molar-refractivity contribution in [3.8, 4) is 0 Å². The molecule has 0 aliphatic carbocycles. The minimum atomic E-state index is -1.14. The number of morpholine rings is 1. The fraction of sp³-hybridized carbons (Fsp3) is 0.467. The number of carboxylic acids is 1. The first-order valence-electron chi connectivity index (χ1n) is 7.38. The smallest absolute Gasteiger partial charge is 0.334 e. The largest absolute Gasteiger partial charge is 0.479 e. The standard InChI is InChI=1S/C15H18N2O6S/c1-9(2)24-13-4-3-10(17(21)22)7-11(13)14(18)16-5-6-23-12(8-16)15(19)20/h3-4,7,9,12H,5-6,8H2,1-2H3,(H,19,20). The summed E-state index contributed by atoms with van der Waals surface area (Å²) in [5.74, 6) is -1.56. The Morgan fingerprint density at radius 2 is 2.17 bits per heavy atom. The topological polar surface area (TPSA) is 110 Å². The van der Waals surface area contributed by atoms with Crippen molar-refractivity contribution in [2.45, 2.75) is 30.1 Å². The van der Waals surface area contributed by atoms with Crippen LogP contribution in [0.4, 0.5) is 5.69 Å². The Morgan fingerprint density at radius 1 is 1.46 bits per heavy atom. The molecule has 1 aliphatic heterocycles. The highest BCUT2D eigenvalue weighted by Crippen LogP contribution is 2.30.